The van der Waals surface area contributed by atoms with Gasteiger partial charge in [-0.05, 0) is 42.3 Å². The lowest BCUT2D eigenvalue weighted by molar-refractivity contribution is 0.463. The summed E-state index contributed by atoms with van der Waals surface area (Å²) in [4.78, 5) is 13.2. The van der Waals surface area contributed by atoms with Crippen LogP contribution in [-0.4, -0.2) is 27.9 Å². The molecule has 0 aliphatic carbocycles. The molecule has 0 unspecified atom stereocenters. The Morgan fingerprint density at radius 1 is 0.710 bits per heavy atom. The number of aryl methyl sites for hydroxylation is 1. The van der Waals surface area contributed by atoms with Gasteiger partial charge in [-0.25, -0.2) is 23.4 Å². The Labute approximate surface area is 185 Å². The van der Waals surface area contributed by atoms with Gasteiger partial charge in [0, 0.05) is 36.8 Å². The Kier molecular flexibility index (Phi) is 7.88. The van der Waals surface area contributed by atoms with Crippen molar-refractivity contribution in [3.8, 4) is 0 Å². The van der Waals surface area contributed by atoms with E-state index in [2.05, 4.69) is 15.0 Å². The second-order valence-electron chi connectivity index (χ2n) is 6.26. The topological polar surface area (TPSA) is 95.9 Å². The molecule has 0 fully saturated rings. The zero-order valence-electron chi connectivity index (χ0n) is 16.8. The molecule has 0 spiro atoms. The van der Waals surface area contributed by atoms with Crippen molar-refractivity contribution >= 4 is 21.0 Å². The maximum atomic E-state index is 10.5. The van der Waals surface area contributed by atoms with Crippen LogP contribution in [0.5, 0.6) is 0 Å². The summed E-state index contributed by atoms with van der Waals surface area (Å²) < 4.78 is 31.4. The summed E-state index contributed by atoms with van der Waals surface area (Å²) in [5, 5.41) is 2.96. The van der Waals surface area contributed by atoms with E-state index in [-0.39, 0.29) is 15.8 Å². The summed E-state index contributed by atoms with van der Waals surface area (Å²) in [5.41, 5.74) is 1.02. The largest absolute Gasteiger partial charge is 0.744 e. The fourth-order valence-corrected chi connectivity index (χ4v) is 4.87. The van der Waals surface area contributed by atoms with E-state index in [0.717, 1.165) is 27.1 Å². The van der Waals surface area contributed by atoms with Crippen LogP contribution in [0.25, 0.3) is 0 Å². The first-order chi connectivity index (χ1) is 15.0. The third kappa shape index (κ3) is 6.45. The van der Waals surface area contributed by atoms with Crippen LogP contribution in [0.2, 0.25) is 0 Å². The van der Waals surface area contributed by atoms with Crippen LogP contribution in [0.1, 0.15) is 12.5 Å². The molecule has 31 heavy (non-hydrogen) atoms. The van der Waals surface area contributed by atoms with Gasteiger partial charge in [-0.1, -0.05) is 37.3 Å². The van der Waals surface area contributed by atoms with Gasteiger partial charge in [-0.2, -0.15) is 0 Å². The lowest BCUT2D eigenvalue weighted by atomic mass is 10.2. The van der Waals surface area contributed by atoms with Crippen molar-refractivity contribution < 1.29 is 13.0 Å². The minimum atomic E-state index is -4.28. The Hall–Kier alpha value is -3.07. The number of hydrogen-bond acceptors (Lipinski definition) is 6. The van der Waals surface area contributed by atoms with Gasteiger partial charge in [0.25, 0.3) is 15.1 Å². The molecule has 0 amide bonds. The molecule has 0 aliphatic rings. The summed E-state index contributed by atoms with van der Waals surface area (Å²) in [7, 11) is -4.63. The molecule has 158 valence electrons. The van der Waals surface area contributed by atoms with Crippen molar-refractivity contribution in [1.29, 1.82) is 0 Å². The molecule has 0 saturated carbocycles. The molecule has 3 aromatic heterocycles. The fraction of sp³-hybridized carbons (Fsp3) is 0.0870. The quantitative estimate of drug-likeness (QED) is 0.335. The van der Waals surface area contributed by atoms with E-state index in [1.54, 1.807) is 30.7 Å². The molecule has 0 atom stereocenters. The average molecular weight is 452 g/mol. The molecule has 1 aromatic carbocycles. The molecule has 8 heteroatoms. The van der Waals surface area contributed by atoms with Crippen molar-refractivity contribution in [2.24, 2.45) is 0 Å². The van der Waals surface area contributed by atoms with Crippen molar-refractivity contribution in [1.82, 2.24) is 15.0 Å². The summed E-state index contributed by atoms with van der Waals surface area (Å²) in [6, 6.07) is 23.8. The third-order valence-corrected chi connectivity index (χ3v) is 6.99. The molecular weight excluding hydrogens is 430 g/mol. The zero-order valence-corrected chi connectivity index (χ0v) is 18.5. The Bertz CT molecular complexity index is 1080. The number of pyridine rings is 3. The molecule has 0 saturated heterocycles. The smallest absolute Gasteiger partial charge is 0.261 e. The molecule has 0 N–H and O–H groups in total. The van der Waals surface area contributed by atoms with Gasteiger partial charge >= 0.3 is 0 Å². The van der Waals surface area contributed by atoms with Crippen LogP contribution in [0.15, 0.2) is 117 Å². The Morgan fingerprint density at radius 3 is 1.42 bits per heavy atom. The van der Waals surface area contributed by atoms with E-state index in [1.807, 2.05) is 61.5 Å². The van der Waals surface area contributed by atoms with Gasteiger partial charge in [0.2, 0.25) is 0 Å². The average Bonchev–Trinajstić information content (AvgIpc) is 2.81. The lowest BCUT2D eigenvalue weighted by Gasteiger charge is -2.06. The molecule has 3 heterocycles. The maximum absolute atomic E-state index is 10.5. The summed E-state index contributed by atoms with van der Waals surface area (Å²) in [6.07, 6.45) is 6.25. The van der Waals surface area contributed by atoms with Crippen LogP contribution in [0.4, 0.5) is 0 Å². The second-order valence-corrected chi connectivity index (χ2v) is 9.51. The number of hydrogen-bond donors (Lipinski definition) is 0. The van der Waals surface area contributed by atoms with Crippen molar-refractivity contribution in [2.75, 3.05) is 0 Å². The Morgan fingerprint density at radius 2 is 1.13 bits per heavy atom. The van der Waals surface area contributed by atoms with Gasteiger partial charge in [-0.3, -0.25) is 0 Å². The van der Waals surface area contributed by atoms with E-state index < -0.39 is 10.1 Å². The normalized spacial score (nSPS) is 10.9. The third-order valence-electron chi connectivity index (χ3n) is 4.16. The van der Waals surface area contributed by atoms with Crippen molar-refractivity contribution in [3.63, 3.8) is 0 Å². The highest BCUT2D eigenvalue weighted by Gasteiger charge is 2.32. The molecule has 0 bridgehead atoms. The van der Waals surface area contributed by atoms with Crippen molar-refractivity contribution in [3.05, 3.63) is 103 Å². The summed E-state index contributed by atoms with van der Waals surface area (Å²) in [6.45, 7) is 1.96. The number of rotatable bonds is 5. The highest BCUT2D eigenvalue weighted by atomic mass is 32.2. The molecular formula is C23H21N3O3S2. The van der Waals surface area contributed by atoms with E-state index >= 15 is 0 Å². The van der Waals surface area contributed by atoms with Gasteiger partial charge in [-0.15, -0.1) is 0 Å². The van der Waals surface area contributed by atoms with Crippen LogP contribution >= 0.6 is 0 Å². The molecule has 6 nitrogen and oxygen atoms in total. The SMILES string of the molecule is CCc1ccc(S(=O)(=O)[O-])cc1.c1ccc([S+](c2ccccn2)c2ccccn2)nc1. The van der Waals surface area contributed by atoms with Gasteiger partial charge in [0.1, 0.15) is 10.1 Å². The number of aromatic nitrogens is 3. The van der Waals surface area contributed by atoms with Crippen LogP contribution in [0, 0.1) is 0 Å². The monoisotopic (exact) mass is 451 g/mol. The molecule has 0 aliphatic heterocycles. The first-order valence-electron chi connectivity index (χ1n) is 9.51. The van der Waals surface area contributed by atoms with Crippen molar-refractivity contribution in [2.45, 2.75) is 33.3 Å². The standard InChI is InChI=1S/C15H12N3S.C8H10O3S/c1-4-10-16-13(7-1)19(14-8-2-5-11-17-14)15-9-3-6-12-18-15;1-2-7-3-5-8(6-4-7)12(9,10)11/h1-12H;3-6H,2H2,1H3,(H,9,10,11)/q+1;/p-1. The second kappa shape index (κ2) is 10.8. The Balaban J connectivity index is 0.000000196. The fourth-order valence-electron chi connectivity index (χ4n) is 2.62. The molecule has 4 aromatic rings. The maximum Gasteiger partial charge on any atom is 0.261 e. The first kappa shape index (κ1) is 22.6. The van der Waals surface area contributed by atoms with E-state index in [9.17, 15) is 13.0 Å². The van der Waals surface area contributed by atoms with Crippen LogP contribution in [0.3, 0.4) is 0 Å². The van der Waals surface area contributed by atoms with E-state index in [4.69, 9.17) is 0 Å². The van der Waals surface area contributed by atoms with E-state index in [0.29, 0.717) is 0 Å². The lowest BCUT2D eigenvalue weighted by Crippen LogP contribution is -2.09. The zero-order chi connectivity index (χ0) is 22.1. The predicted octanol–water partition coefficient (Wildman–Crippen LogP) is 4.12. The van der Waals surface area contributed by atoms with Crippen LogP contribution < -0.4 is 0 Å². The number of nitrogens with zero attached hydrogens (tertiary/aromatic N) is 3. The first-order valence-corrected chi connectivity index (χ1v) is 12.1. The predicted molar refractivity (Wildman–Crippen MR) is 119 cm³/mol. The highest BCUT2D eigenvalue weighted by Crippen LogP contribution is 2.26. The van der Waals surface area contributed by atoms with E-state index in [1.165, 1.54) is 12.1 Å². The number of benzene rings is 1. The minimum absolute atomic E-state index is 0.167. The minimum Gasteiger partial charge on any atom is -0.744 e. The molecule has 4 rings (SSSR count). The van der Waals surface area contributed by atoms with Gasteiger partial charge < -0.3 is 4.55 Å². The van der Waals surface area contributed by atoms with Gasteiger partial charge in [0.05, 0.1) is 4.90 Å². The molecule has 0 radical (unpaired) electrons. The summed E-state index contributed by atoms with van der Waals surface area (Å²) in [5.74, 6) is 0. The summed E-state index contributed by atoms with van der Waals surface area (Å²) >= 11 is 0. The van der Waals surface area contributed by atoms with Crippen LogP contribution in [-0.2, 0) is 27.4 Å². The highest BCUT2D eigenvalue weighted by molar-refractivity contribution is 7.96. The van der Waals surface area contributed by atoms with Gasteiger partial charge in [0.15, 0.2) is 10.9 Å².